The second-order valence-corrected chi connectivity index (χ2v) is 8.31. The largest absolute Gasteiger partial charge is 0.468 e. The summed E-state index contributed by atoms with van der Waals surface area (Å²) in [6.45, 7) is 4.69. The van der Waals surface area contributed by atoms with E-state index in [1.165, 1.54) is 18.5 Å². The molecule has 5 rings (SSSR count). The Morgan fingerprint density at radius 3 is 2.73 bits per heavy atom. The molecule has 6 heteroatoms. The average molecular weight is 405 g/mol. The van der Waals surface area contributed by atoms with Crippen LogP contribution in [-0.4, -0.2) is 40.2 Å². The number of nitrogens with one attached hydrogen (secondary N) is 1. The molecule has 3 heterocycles. The van der Waals surface area contributed by atoms with Crippen LogP contribution in [0.2, 0.25) is 0 Å². The predicted octanol–water partition coefficient (Wildman–Crippen LogP) is 3.83. The van der Waals surface area contributed by atoms with Gasteiger partial charge in [-0.1, -0.05) is 18.2 Å². The molecule has 1 aliphatic heterocycles. The smallest absolute Gasteiger partial charge is 0.272 e. The molecule has 1 atom stereocenters. The van der Waals surface area contributed by atoms with Gasteiger partial charge in [-0.05, 0) is 75.9 Å². The lowest BCUT2D eigenvalue weighted by Gasteiger charge is -2.25. The lowest BCUT2D eigenvalue weighted by molar-refractivity contribution is 0.0927. The van der Waals surface area contributed by atoms with E-state index in [1.54, 1.807) is 6.26 Å². The van der Waals surface area contributed by atoms with Gasteiger partial charge in [0.15, 0.2) is 5.69 Å². The van der Waals surface area contributed by atoms with Crippen molar-refractivity contribution < 1.29 is 9.21 Å². The van der Waals surface area contributed by atoms with Crippen molar-refractivity contribution in [3.05, 3.63) is 70.9 Å². The Balaban J connectivity index is 1.39. The van der Waals surface area contributed by atoms with Gasteiger partial charge in [0.25, 0.3) is 5.91 Å². The number of benzene rings is 1. The van der Waals surface area contributed by atoms with Crippen molar-refractivity contribution in [3.63, 3.8) is 0 Å². The Kier molecular flexibility index (Phi) is 5.17. The quantitative estimate of drug-likeness (QED) is 0.678. The molecule has 1 aliphatic carbocycles. The Morgan fingerprint density at radius 1 is 1.13 bits per heavy atom. The summed E-state index contributed by atoms with van der Waals surface area (Å²) in [6, 6.07) is 12.2. The maximum Gasteiger partial charge on any atom is 0.272 e. The summed E-state index contributed by atoms with van der Waals surface area (Å²) in [7, 11) is 0. The zero-order valence-corrected chi connectivity index (χ0v) is 17.4. The molecule has 0 radical (unpaired) electrons. The summed E-state index contributed by atoms with van der Waals surface area (Å²) in [4.78, 5) is 15.6. The van der Waals surface area contributed by atoms with Gasteiger partial charge < -0.3 is 9.73 Å². The summed E-state index contributed by atoms with van der Waals surface area (Å²) in [5, 5.41) is 7.93. The minimum absolute atomic E-state index is 0.0675. The predicted molar refractivity (Wildman–Crippen MR) is 115 cm³/mol. The Hall–Kier alpha value is -2.86. The van der Waals surface area contributed by atoms with Crippen LogP contribution in [0.3, 0.4) is 0 Å². The van der Waals surface area contributed by atoms with Gasteiger partial charge in [0.05, 0.1) is 18.0 Å². The van der Waals surface area contributed by atoms with Crippen LogP contribution >= 0.6 is 0 Å². The maximum atomic E-state index is 13.2. The van der Waals surface area contributed by atoms with Crippen molar-refractivity contribution in [2.45, 2.75) is 45.1 Å². The molecule has 6 nitrogen and oxygen atoms in total. The highest BCUT2D eigenvalue weighted by Crippen LogP contribution is 2.29. The topological polar surface area (TPSA) is 63.3 Å². The van der Waals surface area contributed by atoms with Crippen LogP contribution < -0.4 is 5.32 Å². The number of carbonyl (C=O) groups excluding carboxylic acids is 1. The summed E-state index contributed by atoms with van der Waals surface area (Å²) in [5.41, 5.74) is 5.07. The number of fused-ring (bicyclic) bond motifs is 1. The molecular formula is C24H28N4O2. The summed E-state index contributed by atoms with van der Waals surface area (Å²) < 4.78 is 7.67. The first-order chi connectivity index (χ1) is 14.7. The standard InChI is InChI=1S/C24H28N4O2/c1-17-8-2-3-10-19(17)28-20-11-6-9-18(20)23(26-28)24(29)25-16-21(22-12-7-15-30-22)27-13-4-5-14-27/h2-3,7-8,10,12,15,21H,4-6,9,11,13-14,16H2,1H3,(H,25,29). The third-order valence-electron chi connectivity index (χ3n) is 6.40. The van der Waals surface area contributed by atoms with Gasteiger partial charge in [-0.3, -0.25) is 9.69 Å². The van der Waals surface area contributed by atoms with Crippen LogP contribution in [-0.2, 0) is 12.8 Å². The lowest BCUT2D eigenvalue weighted by Crippen LogP contribution is -2.37. The number of aromatic nitrogens is 2. The Bertz CT molecular complexity index is 1030. The minimum atomic E-state index is -0.0868. The molecule has 2 aromatic heterocycles. The van der Waals surface area contributed by atoms with Crippen molar-refractivity contribution in [2.24, 2.45) is 0 Å². The molecule has 1 N–H and O–H groups in total. The second kappa shape index (κ2) is 8.11. The molecule has 2 aliphatic rings. The molecule has 30 heavy (non-hydrogen) atoms. The fraction of sp³-hybridized carbons (Fsp3) is 0.417. The van der Waals surface area contributed by atoms with Crippen LogP contribution in [0.1, 0.15) is 58.4 Å². The fourth-order valence-corrected chi connectivity index (χ4v) is 4.84. The Morgan fingerprint density at radius 2 is 1.97 bits per heavy atom. The number of carbonyl (C=O) groups is 1. The number of amides is 1. The van der Waals surface area contributed by atoms with Crippen molar-refractivity contribution >= 4 is 5.91 Å². The summed E-state index contributed by atoms with van der Waals surface area (Å²) >= 11 is 0. The molecule has 1 unspecified atom stereocenters. The monoisotopic (exact) mass is 404 g/mol. The van der Waals surface area contributed by atoms with Crippen LogP contribution in [0.15, 0.2) is 47.1 Å². The molecule has 0 bridgehead atoms. The molecule has 156 valence electrons. The summed E-state index contributed by atoms with van der Waals surface area (Å²) in [6.07, 6.45) is 7.04. The third kappa shape index (κ3) is 3.45. The summed E-state index contributed by atoms with van der Waals surface area (Å²) in [5.74, 6) is 0.823. The van der Waals surface area contributed by atoms with Crippen LogP contribution in [0.5, 0.6) is 0 Å². The molecule has 0 spiro atoms. The zero-order chi connectivity index (χ0) is 20.5. The van der Waals surface area contributed by atoms with Gasteiger partial charge in [0.2, 0.25) is 0 Å². The minimum Gasteiger partial charge on any atom is -0.468 e. The maximum absolute atomic E-state index is 13.2. The highest BCUT2D eigenvalue weighted by Gasteiger charge is 2.30. The van der Waals surface area contributed by atoms with E-state index in [9.17, 15) is 4.79 Å². The van der Waals surface area contributed by atoms with Crippen LogP contribution in [0, 0.1) is 6.92 Å². The van der Waals surface area contributed by atoms with Crippen molar-refractivity contribution in [3.8, 4) is 5.69 Å². The molecule has 1 fully saturated rings. The van der Waals surface area contributed by atoms with E-state index in [1.807, 2.05) is 28.9 Å². The van der Waals surface area contributed by atoms with E-state index in [-0.39, 0.29) is 11.9 Å². The molecule has 1 saturated heterocycles. The zero-order valence-electron chi connectivity index (χ0n) is 17.4. The first-order valence-corrected chi connectivity index (χ1v) is 10.9. The van der Waals surface area contributed by atoms with Crippen LogP contribution in [0.25, 0.3) is 5.69 Å². The van der Waals surface area contributed by atoms with E-state index in [4.69, 9.17) is 9.52 Å². The molecule has 3 aromatic rings. The normalized spacial score (nSPS) is 17.2. The molecule has 0 saturated carbocycles. The average Bonchev–Trinajstić information content (AvgIpc) is 3.53. The third-order valence-corrected chi connectivity index (χ3v) is 6.40. The van der Waals surface area contributed by atoms with Gasteiger partial charge in [-0.2, -0.15) is 5.10 Å². The molecule has 1 aromatic carbocycles. The number of nitrogens with zero attached hydrogens (tertiary/aromatic N) is 3. The molecule has 1 amide bonds. The highest BCUT2D eigenvalue weighted by molar-refractivity contribution is 5.94. The second-order valence-electron chi connectivity index (χ2n) is 8.31. The van der Waals surface area contributed by atoms with E-state index in [0.717, 1.165) is 54.9 Å². The fourth-order valence-electron chi connectivity index (χ4n) is 4.84. The number of rotatable bonds is 6. The van der Waals surface area contributed by atoms with E-state index < -0.39 is 0 Å². The van der Waals surface area contributed by atoms with Gasteiger partial charge in [-0.15, -0.1) is 0 Å². The highest BCUT2D eigenvalue weighted by atomic mass is 16.3. The van der Waals surface area contributed by atoms with Crippen LogP contribution in [0.4, 0.5) is 0 Å². The Labute approximate surface area is 176 Å². The number of aryl methyl sites for hydroxylation is 1. The number of hydrogen-bond acceptors (Lipinski definition) is 4. The number of likely N-dealkylation sites (tertiary alicyclic amines) is 1. The van der Waals surface area contributed by atoms with Crippen molar-refractivity contribution in [2.75, 3.05) is 19.6 Å². The van der Waals surface area contributed by atoms with E-state index >= 15 is 0 Å². The van der Waals surface area contributed by atoms with Crippen molar-refractivity contribution in [1.29, 1.82) is 0 Å². The number of para-hydroxylation sites is 1. The first kappa shape index (κ1) is 19.1. The van der Waals surface area contributed by atoms with E-state index in [2.05, 4.69) is 29.3 Å². The number of furan rings is 1. The van der Waals surface area contributed by atoms with Gasteiger partial charge >= 0.3 is 0 Å². The SMILES string of the molecule is Cc1ccccc1-n1nc(C(=O)NCC(c2ccco2)N2CCCC2)c2c1CCC2. The van der Waals surface area contributed by atoms with Gasteiger partial charge in [0.1, 0.15) is 5.76 Å². The first-order valence-electron chi connectivity index (χ1n) is 10.9. The van der Waals surface area contributed by atoms with Crippen molar-refractivity contribution in [1.82, 2.24) is 20.0 Å². The van der Waals surface area contributed by atoms with Gasteiger partial charge in [-0.25, -0.2) is 4.68 Å². The molecular weight excluding hydrogens is 376 g/mol. The lowest BCUT2D eigenvalue weighted by atomic mass is 10.1. The van der Waals surface area contributed by atoms with E-state index in [0.29, 0.717) is 12.2 Å². The number of hydrogen-bond donors (Lipinski definition) is 1. The van der Waals surface area contributed by atoms with Gasteiger partial charge in [0, 0.05) is 17.8 Å².